The quantitative estimate of drug-likeness (QED) is 0.172. The Bertz CT molecular complexity index is 428. The van der Waals surface area contributed by atoms with E-state index >= 15 is 0 Å². The first kappa shape index (κ1) is 24.6. The molecule has 0 heterocycles. The van der Waals surface area contributed by atoms with Crippen molar-refractivity contribution in [2.24, 2.45) is 0 Å². The van der Waals surface area contributed by atoms with E-state index in [9.17, 15) is 19.8 Å². The maximum atomic E-state index is 11.5. The smallest absolute Gasteiger partial charge is 0.332 e. The zero-order chi connectivity index (χ0) is 19.8. The summed E-state index contributed by atoms with van der Waals surface area (Å²) in [5.41, 5.74) is 0.0910. The van der Waals surface area contributed by atoms with Crippen LogP contribution in [0.3, 0.4) is 0 Å². The zero-order valence-corrected chi connectivity index (χ0v) is 16.1. The molecule has 0 aliphatic heterocycles. The molecule has 152 valence electrons. The van der Waals surface area contributed by atoms with Crippen molar-refractivity contribution in [1.29, 1.82) is 0 Å². The number of rotatable bonds is 17. The molecule has 0 atom stereocenters. The van der Waals surface area contributed by atoms with Gasteiger partial charge in [-0.15, -0.1) is 0 Å². The van der Waals surface area contributed by atoms with Crippen molar-refractivity contribution < 1.29 is 30.0 Å². The van der Waals surface area contributed by atoms with Gasteiger partial charge in [-0.05, 0) is 38.5 Å². The largest absolute Gasteiger partial charge is 0.478 e. The second-order valence-corrected chi connectivity index (χ2v) is 6.87. The summed E-state index contributed by atoms with van der Waals surface area (Å²) < 4.78 is 0. The topological polar surface area (TPSA) is 115 Å². The zero-order valence-electron chi connectivity index (χ0n) is 16.1. The third-order valence-corrected chi connectivity index (χ3v) is 4.55. The van der Waals surface area contributed by atoms with Crippen molar-refractivity contribution in [1.82, 2.24) is 0 Å². The average molecular weight is 373 g/mol. The molecule has 0 bridgehead atoms. The summed E-state index contributed by atoms with van der Waals surface area (Å²) >= 11 is 0. The molecule has 6 heteroatoms. The number of hydrogen-bond donors (Lipinski definition) is 4. The van der Waals surface area contributed by atoms with E-state index in [0.717, 1.165) is 51.4 Å². The van der Waals surface area contributed by atoms with Gasteiger partial charge in [-0.25, -0.2) is 9.59 Å². The minimum atomic E-state index is -1.27. The Morgan fingerprint density at radius 2 is 1.04 bits per heavy atom. The van der Waals surface area contributed by atoms with Crippen molar-refractivity contribution in [3.8, 4) is 0 Å². The number of hydrogen-bond acceptors (Lipinski definition) is 4. The SMILES string of the molecule is CCCCCCCC/C(C(=O)O)=C(/CCCCCCCC(O)O)C(=O)O. The first-order valence-electron chi connectivity index (χ1n) is 9.94. The molecular weight excluding hydrogens is 336 g/mol. The van der Waals surface area contributed by atoms with Crippen LogP contribution in [0.25, 0.3) is 0 Å². The van der Waals surface area contributed by atoms with Crippen LogP contribution in [0, 0.1) is 0 Å². The van der Waals surface area contributed by atoms with Crippen LogP contribution >= 0.6 is 0 Å². The van der Waals surface area contributed by atoms with E-state index in [0.29, 0.717) is 25.7 Å². The molecule has 0 saturated carbocycles. The van der Waals surface area contributed by atoms with E-state index in [4.69, 9.17) is 10.2 Å². The van der Waals surface area contributed by atoms with E-state index < -0.39 is 18.2 Å². The Hall–Kier alpha value is -1.40. The number of unbranched alkanes of at least 4 members (excludes halogenated alkanes) is 9. The molecule has 0 unspecified atom stereocenters. The van der Waals surface area contributed by atoms with Crippen LogP contribution in [0.1, 0.15) is 96.8 Å². The number of carboxylic acid groups (broad SMARTS) is 2. The molecule has 0 aromatic carbocycles. The molecule has 0 radical (unpaired) electrons. The summed E-state index contributed by atoms with van der Waals surface area (Å²) in [6.07, 6.45) is 9.75. The molecule has 0 aliphatic carbocycles. The minimum absolute atomic E-state index is 0.0387. The van der Waals surface area contributed by atoms with Crippen molar-refractivity contribution in [3.05, 3.63) is 11.1 Å². The number of aliphatic hydroxyl groups excluding tert-OH is 1. The maximum Gasteiger partial charge on any atom is 0.332 e. The van der Waals surface area contributed by atoms with Gasteiger partial charge in [-0.1, -0.05) is 58.3 Å². The Kier molecular flexibility index (Phi) is 15.0. The predicted molar refractivity (Wildman–Crippen MR) is 101 cm³/mol. The fourth-order valence-corrected chi connectivity index (χ4v) is 3.01. The van der Waals surface area contributed by atoms with Gasteiger partial charge in [-0.2, -0.15) is 0 Å². The molecule has 0 fully saturated rings. The molecule has 0 aromatic rings. The standard InChI is InChI=1S/C20H36O6/c1-2-3-4-5-7-10-13-16(19(23)24)17(20(25)26)14-11-8-6-9-12-15-18(21)22/h18,21-22H,2-15H2,1H3,(H,23,24)(H,25,26)/b17-16+. The fraction of sp³-hybridized carbons (Fsp3) is 0.800. The summed E-state index contributed by atoms with van der Waals surface area (Å²) in [7, 11) is 0. The summed E-state index contributed by atoms with van der Waals surface area (Å²) in [4.78, 5) is 23.0. The minimum Gasteiger partial charge on any atom is -0.478 e. The third kappa shape index (κ3) is 12.9. The van der Waals surface area contributed by atoms with E-state index in [2.05, 4.69) is 6.92 Å². The second kappa shape index (κ2) is 15.8. The van der Waals surface area contributed by atoms with Gasteiger partial charge < -0.3 is 20.4 Å². The van der Waals surface area contributed by atoms with Crippen molar-refractivity contribution in [3.63, 3.8) is 0 Å². The molecule has 0 saturated heterocycles. The van der Waals surface area contributed by atoms with Crippen molar-refractivity contribution in [2.45, 2.75) is 103 Å². The summed E-state index contributed by atoms with van der Waals surface area (Å²) in [6, 6.07) is 0. The van der Waals surface area contributed by atoms with Crippen LogP contribution in [0.15, 0.2) is 11.1 Å². The highest BCUT2D eigenvalue weighted by atomic mass is 16.5. The van der Waals surface area contributed by atoms with Gasteiger partial charge in [0.2, 0.25) is 0 Å². The number of aliphatic carboxylic acids is 2. The third-order valence-electron chi connectivity index (χ3n) is 4.55. The second-order valence-electron chi connectivity index (χ2n) is 6.87. The van der Waals surface area contributed by atoms with E-state index in [1.165, 1.54) is 6.42 Å². The van der Waals surface area contributed by atoms with Gasteiger partial charge in [-0.3, -0.25) is 0 Å². The molecule has 0 aromatic heterocycles. The number of aliphatic hydroxyl groups is 2. The molecule has 0 rings (SSSR count). The van der Waals surface area contributed by atoms with Crippen molar-refractivity contribution in [2.75, 3.05) is 0 Å². The monoisotopic (exact) mass is 372 g/mol. The molecule has 26 heavy (non-hydrogen) atoms. The molecular formula is C20H36O6. The van der Waals surface area contributed by atoms with E-state index in [1.807, 2.05) is 0 Å². The van der Waals surface area contributed by atoms with Gasteiger partial charge in [0.05, 0.1) is 0 Å². The van der Waals surface area contributed by atoms with Crippen LogP contribution in [-0.4, -0.2) is 38.7 Å². The Labute approximate surface area is 156 Å². The van der Waals surface area contributed by atoms with Crippen LogP contribution < -0.4 is 0 Å². The normalized spacial score (nSPS) is 12.3. The Balaban J connectivity index is 4.36. The lowest BCUT2D eigenvalue weighted by atomic mass is 9.96. The van der Waals surface area contributed by atoms with E-state index in [-0.39, 0.29) is 17.6 Å². The Morgan fingerprint density at radius 3 is 1.42 bits per heavy atom. The number of carbonyl (C=O) groups is 2. The maximum absolute atomic E-state index is 11.5. The van der Waals surface area contributed by atoms with Crippen LogP contribution in [0.2, 0.25) is 0 Å². The van der Waals surface area contributed by atoms with Gasteiger partial charge in [0.1, 0.15) is 0 Å². The highest BCUT2D eigenvalue weighted by molar-refractivity contribution is 5.98. The molecule has 0 amide bonds. The highest BCUT2D eigenvalue weighted by Crippen LogP contribution is 2.21. The average Bonchev–Trinajstić information content (AvgIpc) is 2.57. The lowest BCUT2D eigenvalue weighted by Gasteiger charge is -2.09. The number of carboxylic acids is 2. The summed E-state index contributed by atoms with van der Waals surface area (Å²) in [5, 5.41) is 36.3. The van der Waals surface area contributed by atoms with Gasteiger partial charge in [0, 0.05) is 11.1 Å². The van der Waals surface area contributed by atoms with E-state index in [1.54, 1.807) is 0 Å². The van der Waals surface area contributed by atoms with Gasteiger partial charge in [0.15, 0.2) is 6.29 Å². The lowest BCUT2D eigenvalue weighted by molar-refractivity contribution is -0.136. The summed E-state index contributed by atoms with van der Waals surface area (Å²) in [5.74, 6) is -2.25. The molecule has 0 aliphatic rings. The predicted octanol–water partition coefficient (Wildman–Crippen LogP) is 4.24. The van der Waals surface area contributed by atoms with Crippen LogP contribution in [0.5, 0.6) is 0 Å². The van der Waals surface area contributed by atoms with Gasteiger partial charge in [0.25, 0.3) is 0 Å². The van der Waals surface area contributed by atoms with Crippen LogP contribution in [0.4, 0.5) is 0 Å². The van der Waals surface area contributed by atoms with Gasteiger partial charge >= 0.3 is 11.9 Å². The highest BCUT2D eigenvalue weighted by Gasteiger charge is 2.19. The first-order valence-corrected chi connectivity index (χ1v) is 9.94. The van der Waals surface area contributed by atoms with Crippen molar-refractivity contribution >= 4 is 11.9 Å². The Morgan fingerprint density at radius 1 is 0.654 bits per heavy atom. The molecule has 4 N–H and O–H groups in total. The van der Waals surface area contributed by atoms with Crippen LogP contribution in [-0.2, 0) is 9.59 Å². The fourth-order valence-electron chi connectivity index (χ4n) is 3.01. The lowest BCUT2D eigenvalue weighted by Crippen LogP contribution is -2.12. The molecule has 6 nitrogen and oxygen atoms in total. The first-order chi connectivity index (χ1) is 12.4. The molecule has 0 spiro atoms. The summed E-state index contributed by atoms with van der Waals surface area (Å²) in [6.45, 7) is 2.14.